The Labute approximate surface area is 173 Å². The van der Waals surface area contributed by atoms with Crippen LogP contribution in [0.2, 0.25) is 0 Å². The summed E-state index contributed by atoms with van der Waals surface area (Å²) in [4.78, 5) is 24.3. The van der Waals surface area contributed by atoms with E-state index in [4.69, 9.17) is 14.7 Å². The van der Waals surface area contributed by atoms with Crippen LogP contribution in [-0.4, -0.2) is 25.5 Å². The lowest BCUT2D eigenvalue weighted by atomic mass is 10.1. The van der Waals surface area contributed by atoms with Crippen molar-refractivity contribution in [2.75, 3.05) is 24.4 Å². The Kier molecular flexibility index (Phi) is 6.64. The summed E-state index contributed by atoms with van der Waals surface area (Å²) in [6.07, 6.45) is 0. The number of hydrogen-bond donors (Lipinski definition) is 2. The van der Waals surface area contributed by atoms with Crippen LogP contribution in [0.15, 0.2) is 72.8 Å². The lowest BCUT2D eigenvalue weighted by Crippen LogP contribution is -2.19. The number of carbonyl (C=O) groups excluding carboxylic acids is 2. The minimum absolute atomic E-state index is 0.128. The molecule has 0 atom stereocenters. The van der Waals surface area contributed by atoms with Crippen LogP contribution >= 0.6 is 0 Å². The number of anilines is 2. The molecule has 0 aliphatic heterocycles. The van der Waals surface area contributed by atoms with Gasteiger partial charge in [-0.25, -0.2) is 4.79 Å². The monoisotopic (exact) mass is 401 g/mol. The second-order valence-electron chi connectivity index (χ2n) is 6.23. The van der Waals surface area contributed by atoms with Crippen molar-refractivity contribution >= 4 is 23.2 Å². The molecule has 150 valence electrons. The highest BCUT2D eigenvalue weighted by Gasteiger charge is 2.08. The van der Waals surface area contributed by atoms with Crippen LogP contribution < -0.4 is 20.1 Å². The zero-order valence-electron chi connectivity index (χ0n) is 16.2. The van der Waals surface area contributed by atoms with Crippen LogP contribution in [-0.2, 0) is 0 Å². The smallest absolute Gasteiger partial charge is 0.323 e. The summed E-state index contributed by atoms with van der Waals surface area (Å²) >= 11 is 0. The minimum atomic E-state index is -0.384. The predicted octanol–water partition coefficient (Wildman–Crippen LogP) is 4.47. The Morgan fingerprint density at radius 1 is 0.833 bits per heavy atom. The van der Waals surface area contributed by atoms with Crippen LogP contribution in [0.4, 0.5) is 16.2 Å². The molecule has 0 saturated carbocycles. The first kappa shape index (κ1) is 20.4. The van der Waals surface area contributed by atoms with Crippen molar-refractivity contribution in [3.63, 3.8) is 0 Å². The summed E-state index contributed by atoms with van der Waals surface area (Å²) in [6.45, 7) is -0.128. The largest absolute Gasteiger partial charge is 0.497 e. The van der Waals surface area contributed by atoms with E-state index in [1.54, 1.807) is 79.9 Å². The molecule has 3 aromatic rings. The second kappa shape index (κ2) is 9.75. The van der Waals surface area contributed by atoms with Crippen molar-refractivity contribution < 1.29 is 19.1 Å². The van der Waals surface area contributed by atoms with Gasteiger partial charge in [0, 0.05) is 16.9 Å². The number of hydrogen-bond acceptors (Lipinski definition) is 5. The molecule has 0 bridgehead atoms. The Hall–Kier alpha value is -4.31. The van der Waals surface area contributed by atoms with Crippen molar-refractivity contribution in [2.24, 2.45) is 0 Å². The molecule has 7 heteroatoms. The van der Waals surface area contributed by atoms with E-state index in [0.717, 1.165) is 0 Å². The van der Waals surface area contributed by atoms with Gasteiger partial charge in [0.15, 0.2) is 12.4 Å². The van der Waals surface area contributed by atoms with Gasteiger partial charge in [0.1, 0.15) is 11.5 Å². The number of Topliss-reactive ketones (excluding diaryl/α,β-unsaturated/α-hetero) is 1. The molecule has 0 fully saturated rings. The standard InChI is InChI=1S/C23H19N3O4/c1-29-20-10-6-18(7-11-20)25-23(28)26-19-8-12-21(13-9-19)30-15-22(27)17-4-2-16(14-24)3-5-17/h2-13H,15H2,1H3,(H2,25,26,28). The van der Waals surface area contributed by atoms with Crippen LogP contribution in [0.25, 0.3) is 0 Å². The Morgan fingerprint density at radius 2 is 1.37 bits per heavy atom. The molecule has 0 saturated heterocycles. The zero-order valence-corrected chi connectivity index (χ0v) is 16.2. The van der Waals surface area contributed by atoms with Crippen molar-refractivity contribution in [1.82, 2.24) is 0 Å². The lowest BCUT2D eigenvalue weighted by Gasteiger charge is -2.10. The van der Waals surface area contributed by atoms with Crippen molar-refractivity contribution in [3.05, 3.63) is 83.9 Å². The van der Waals surface area contributed by atoms with E-state index >= 15 is 0 Å². The number of nitriles is 1. The molecule has 0 heterocycles. The molecule has 2 N–H and O–H groups in total. The number of amides is 2. The first-order valence-electron chi connectivity index (χ1n) is 9.05. The quantitative estimate of drug-likeness (QED) is 0.569. The van der Waals surface area contributed by atoms with E-state index in [9.17, 15) is 9.59 Å². The summed E-state index contributed by atoms with van der Waals surface area (Å²) in [5.41, 5.74) is 2.18. The van der Waals surface area contributed by atoms with E-state index in [-0.39, 0.29) is 18.4 Å². The summed E-state index contributed by atoms with van der Waals surface area (Å²) in [7, 11) is 1.57. The van der Waals surface area contributed by atoms with Gasteiger partial charge in [0.25, 0.3) is 0 Å². The number of urea groups is 1. The number of ether oxygens (including phenoxy) is 2. The first-order valence-corrected chi connectivity index (χ1v) is 9.05. The number of nitrogens with zero attached hydrogens (tertiary/aromatic N) is 1. The molecule has 30 heavy (non-hydrogen) atoms. The molecule has 0 aliphatic rings. The molecule has 7 nitrogen and oxygen atoms in total. The van der Waals surface area contributed by atoms with Crippen molar-refractivity contribution in [3.8, 4) is 17.6 Å². The summed E-state index contributed by atoms with van der Waals surface area (Å²) in [5.74, 6) is 1.01. The number of nitrogens with one attached hydrogen (secondary N) is 2. The fourth-order valence-electron chi connectivity index (χ4n) is 2.57. The van der Waals surface area contributed by atoms with E-state index in [2.05, 4.69) is 10.6 Å². The molecule has 0 aliphatic carbocycles. The number of methoxy groups -OCH3 is 1. The minimum Gasteiger partial charge on any atom is -0.497 e. The molecular weight excluding hydrogens is 382 g/mol. The predicted molar refractivity (Wildman–Crippen MR) is 113 cm³/mol. The fourth-order valence-corrected chi connectivity index (χ4v) is 2.57. The molecule has 0 aromatic heterocycles. The summed E-state index contributed by atoms with van der Waals surface area (Å²) < 4.78 is 10.6. The Balaban J connectivity index is 1.49. The van der Waals surface area contributed by atoms with E-state index in [0.29, 0.717) is 34.0 Å². The van der Waals surface area contributed by atoms with Crippen LogP contribution in [0.5, 0.6) is 11.5 Å². The van der Waals surface area contributed by atoms with Gasteiger partial charge in [0.2, 0.25) is 0 Å². The van der Waals surface area contributed by atoms with Crippen LogP contribution in [0.3, 0.4) is 0 Å². The SMILES string of the molecule is COc1ccc(NC(=O)Nc2ccc(OCC(=O)c3ccc(C#N)cc3)cc2)cc1. The first-order chi connectivity index (χ1) is 14.6. The van der Waals surface area contributed by atoms with Crippen molar-refractivity contribution in [2.45, 2.75) is 0 Å². The van der Waals surface area contributed by atoms with Gasteiger partial charge >= 0.3 is 6.03 Å². The van der Waals surface area contributed by atoms with Crippen molar-refractivity contribution in [1.29, 1.82) is 5.26 Å². The molecule has 0 spiro atoms. The van der Waals surface area contributed by atoms with Gasteiger partial charge < -0.3 is 20.1 Å². The van der Waals surface area contributed by atoms with Crippen LogP contribution in [0.1, 0.15) is 15.9 Å². The number of ketones is 1. The zero-order chi connectivity index (χ0) is 21.3. The summed E-state index contributed by atoms with van der Waals surface area (Å²) in [5, 5.41) is 14.2. The summed E-state index contributed by atoms with van der Waals surface area (Å²) in [6, 6.07) is 21.6. The average Bonchev–Trinajstić information content (AvgIpc) is 2.79. The maximum atomic E-state index is 12.2. The highest BCUT2D eigenvalue weighted by atomic mass is 16.5. The maximum absolute atomic E-state index is 12.2. The molecule has 0 unspecified atom stereocenters. The van der Waals surface area contributed by atoms with E-state index in [1.165, 1.54) is 0 Å². The van der Waals surface area contributed by atoms with Gasteiger partial charge in [0.05, 0.1) is 18.7 Å². The number of rotatable bonds is 7. The molecule has 3 rings (SSSR count). The highest BCUT2D eigenvalue weighted by Crippen LogP contribution is 2.18. The Morgan fingerprint density at radius 3 is 1.87 bits per heavy atom. The highest BCUT2D eigenvalue weighted by molar-refractivity contribution is 6.00. The average molecular weight is 401 g/mol. The molecule has 3 aromatic carbocycles. The van der Waals surface area contributed by atoms with Gasteiger partial charge in [-0.1, -0.05) is 0 Å². The van der Waals surface area contributed by atoms with E-state index < -0.39 is 0 Å². The Bertz CT molecular complexity index is 1050. The molecular formula is C23H19N3O4. The second-order valence-corrected chi connectivity index (χ2v) is 6.23. The normalized spacial score (nSPS) is 9.87. The van der Waals surface area contributed by atoms with E-state index in [1.807, 2.05) is 6.07 Å². The van der Waals surface area contributed by atoms with Gasteiger partial charge in [-0.3, -0.25) is 4.79 Å². The molecule has 0 radical (unpaired) electrons. The third kappa shape index (κ3) is 5.59. The molecule has 2 amide bonds. The van der Waals surface area contributed by atoms with Gasteiger partial charge in [-0.05, 0) is 72.8 Å². The van der Waals surface area contributed by atoms with Gasteiger partial charge in [-0.15, -0.1) is 0 Å². The topological polar surface area (TPSA) is 100 Å². The number of benzene rings is 3. The third-order valence-electron chi connectivity index (χ3n) is 4.17. The van der Waals surface area contributed by atoms with Crippen LogP contribution in [0, 0.1) is 11.3 Å². The van der Waals surface area contributed by atoms with Gasteiger partial charge in [-0.2, -0.15) is 5.26 Å². The third-order valence-corrected chi connectivity index (χ3v) is 4.17. The number of carbonyl (C=O) groups is 2. The lowest BCUT2D eigenvalue weighted by molar-refractivity contribution is 0.0921. The maximum Gasteiger partial charge on any atom is 0.323 e. The fraction of sp³-hybridized carbons (Fsp3) is 0.0870.